The molecule has 36 heavy (non-hydrogen) atoms. The highest BCUT2D eigenvalue weighted by Crippen LogP contribution is 2.33. The second-order valence-corrected chi connectivity index (χ2v) is 11.8. The summed E-state index contributed by atoms with van der Waals surface area (Å²) in [7, 11) is -6.85. The number of para-hydroxylation sites is 1. The number of nitrogens with one attached hydrogen (secondary N) is 1. The summed E-state index contributed by atoms with van der Waals surface area (Å²) in [6, 6.07) is 41.5. The lowest BCUT2D eigenvalue weighted by Crippen LogP contribution is -2.21. The number of hydrogen-bond donors (Lipinski definition) is 2. The van der Waals surface area contributed by atoms with E-state index in [4.69, 9.17) is 13.0 Å². The van der Waals surface area contributed by atoms with Crippen molar-refractivity contribution in [1.82, 2.24) is 4.98 Å². The first-order chi connectivity index (χ1) is 17.1. The molecule has 184 valence electrons. The van der Waals surface area contributed by atoms with Crippen LogP contribution in [0.3, 0.4) is 0 Å². The van der Waals surface area contributed by atoms with Crippen LogP contribution in [0.2, 0.25) is 0 Å². The van der Waals surface area contributed by atoms with Crippen molar-refractivity contribution in [2.45, 2.75) is 5.51 Å². The molecule has 9 heteroatoms. The zero-order chi connectivity index (χ0) is 25.8. The zero-order valence-corrected chi connectivity index (χ0v) is 20.6. The van der Waals surface area contributed by atoms with E-state index in [-0.39, 0.29) is 0 Å². The van der Waals surface area contributed by atoms with Crippen LogP contribution in [0.25, 0.3) is 22.2 Å². The lowest BCUT2D eigenvalue weighted by molar-refractivity contribution is -0.0510. The summed E-state index contributed by atoms with van der Waals surface area (Å²) >= 11 is 0. The highest BCUT2D eigenvalue weighted by molar-refractivity contribution is 7.86. The fourth-order valence-corrected chi connectivity index (χ4v) is 6.31. The summed E-state index contributed by atoms with van der Waals surface area (Å²) in [6.45, 7) is 0. The molecule has 1 aromatic heterocycles. The number of benzene rings is 4. The first-order valence-corrected chi connectivity index (χ1v) is 13.8. The summed E-state index contributed by atoms with van der Waals surface area (Å²) in [5, 5.41) is 5.48. The van der Waals surface area contributed by atoms with E-state index in [1.165, 1.54) is 38.1 Å². The third-order valence-corrected chi connectivity index (χ3v) is 8.75. The van der Waals surface area contributed by atoms with Gasteiger partial charge in [-0.3, -0.25) is 4.55 Å². The van der Waals surface area contributed by atoms with Crippen molar-refractivity contribution < 1.29 is 26.1 Å². The number of aromatic nitrogens is 1. The van der Waals surface area contributed by atoms with Gasteiger partial charge in [0.05, 0.1) is 7.92 Å². The van der Waals surface area contributed by atoms with Gasteiger partial charge in [0.2, 0.25) is 0 Å². The van der Waals surface area contributed by atoms with Crippen LogP contribution in [0.15, 0.2) is 115 Å². The second-order valence-electron chi connectivity index (χ2n) is 7.88. The predicted molar refractivity (Wildman–Crippen MR) is 141 cm³/mol. The molecule has 5 rings (SSSR count). The number of fused-ring (bicyclic) bond motifs is 1. The van der Waals surface area contributed by atoms with Gasteiger partial charge in [0.25, 0.3) is 0 Å². The summed E-state index contributed by atoms with van der Waals surface area (Å²) in [5.74, 6) is 0. The number of alkyl halides is 3. The maximum absolute atomic E-state index is 10.7. The lowest BCUT2D eigenvalue weighted by atomic mass is 10.1. The molecule has 0 amide bonds. The molecule has 0 unspecified atom stereocenters. The molecule has 0 aliphatic rings. The number of H-pyrrole nitrogens is 1. The van der Waals surface area contributed by atoms with E-state index < -0.39 is 23.5 Å². The first-order valence-electron chi connectivity index (χ1n) is 10.8. The lowest BCUT2D eigenvalue weighted by Gasteiger charge is -2.11. The molecule has 4 aromatic carbocycles. The van der Waals surface area contributed by atoms with E-state index in [9.17, 15) is 13.2 Å². The topological polar surface area (TPSA) is 70.2 Å². The van der Waals surface area contributed by atoms with Crippen LogP contribution in [-0.4, -0.2) is 23.5 Å². The van der Waals surface area contributed by atoms with E-state index in [2.05, 4.69) is 120 Å². The van der Waals surface area contributed by atoms with Gasteiger partial charge in [-0.1, -0.05) is 54.6 Å². The maximum Gasteiger partial charge on any atom is 0.522 e. The van der Waals surface area contributed by atoms with Crippen LogP contribution in [0.5, 0.6) is 0 Å². The number of hydrogen-bond acceptors (Lipinski definition) is 2. The fraction of sp³-hybridized carbons (Fsp3) is 0.0370. The van der Waals surface area contributed by atoms with E-state index in [1.54, 1.807) is 0 Å². The van der Waals surface area contributed by atoms with Crippen LogP contribution in [-0.2, 0) is 10.1 Å². The largest absolute Gasteiger partial charge is 0.522 e. The van der Waals surface area contributed by atoms with Gasteiger partial charge < -0.3 is 4.98 Å². The molecule has 0 bridgehead atoms. The van der Waals surface area contributed by atoms with E-state index >= 15 is 0 Å². The highest BCUT2D eigenvalue weighted by Gasteiger charge is 2.44. The Morgan fingerprint density at radius 2 is 1.11 bits per heavy atom. The Morgan fingerprint density at radius 1 is 0.667 bits per heavy atom. The van der Waals surface area contributed by atoms with Crippen molar-refractivity contribution in [2.75, 3.05) is 0 Å². The Bertz CT molecular complexity index is 1460. The van der Waals surface area contributed by atoms with Gasteiger partial charge in [-0.05, 0) is 66.2 Å². The third kappa shape index (κ3) is 6.02. The zero-order valence-electron chi connectivity index (χ0n) is 18.8. The third-order valence-electron chi connectivity index (χ3n) is 5.43. The standard InChI is InChI=1S/C26H20NP.CHF3O3S/c1-3-10-22(11-4-1)28(23-12-5-2-6-13-23)24-17-15-20(16-18-24)26-19-21-9-7-8-14-25(21)27-26;2-1(3,4)8(5,6)7/h1-19,27H;(H,5,6,7)/p+1. The van der Waals surface area contributed by atoms with Crippen LogP contribution >= 0.6 is 7.92 Å². The van der Waals surface area contributed by atoms with Crippen molar-refractivity contribution in [3.63, 3.8) is 0 Å². The van der Waals surface area contributed by atoms with Crippen molar-refractivity contribution in [3.8, 4) is 11.3 Å². The molecule has 0 saturated heterocycles. The average Bonchev–Trinajstić information content (AvgIpc) is 3.30. The van der Waals surface area contributed by atoms with E-state index in [0.29, 0.717) is 0 Å². The van der Waals surface area contributed by atoms with Gasteiger partial charge in [-0.25, -0.2) is 0 Å². The molecule has 0 aliphatic carbocycles. The molecule has 0 spiro atoms. The highest BCUT2D eigenvalue weighted by atomic mass is 32.2. The summed E-state index contributed by atoms with van der Waals surface area (Å²) in [5.41, 5.74) is -1.96. The molecule has 0 atom stereocenters. The molecule has 0 fully saturated rings. The molecule has 4 nitrogen and oxygen atoms in total. The monoisotopic (exact) mass is 528 g/mol. The summed E-state index contributed by atoms with van der Waals surface area (Å²) in [4.78, 5) is 3.53. The second kappa shape index (κ2) is 10.7. The van der Waals surface area contributed by atoms with E-state index in [1.807, 2.05) is 0 Å². The van der Waals surface area contributed by atoms with Gasteiger partial charge >= 0.3 is 15.6 Å². The Morgan fingerprint density at radius 3 is 1.58 bits per heavy atom. The van der Waals surface area contributed by atoms with Crippen LogP contribution < -0.4 is 15.9 Å². The smallest absolute Gasteiger partial charge is 0.355 e. The van der Waals surface area contributed by atoms with Crippen LogP contribution in [0.1, 0.15) is 0 Å². The maximum atomic E-state index is 10.7. The van der Waals surface area contributed by atoms with Gasteiger partial charge in [0, 0.05) is 16.6 Å². The van der Waals surface area contributed by atoms with Gasteiger partial charge in [0.1, 0.15) is 15.9 Å². The molecule has 2 N–H and O–H groups in total. The van der Waals surface area contributed by atoms with Crippen LogP contribution in [0.4, 0.5) is 13.2 Å². The molecular weight excluding hydrogens is 506 g/mol. The van der Waals surface area contributed by atoms with Gasteiger partial charge in [0.15, 0.2) is 0 Å². The number of rotatable bonds is 4. The molecule has 5 aromatic rings. The fourth-order valence-electron chi connectivity index (χ4n) is 3.75. The van der Waals surface area contributed by atoms with Crippen LogP contribution in [0, 0.1) is 0 Å². The van der Waals surface area contributed by atoms with Gasteiger partial charge in [-0.15, -0.1) is 0 Å². The molecule has 0 saturated carbocycles. The molecular formula is C27H22F3NO3PS+. The average molecular weight is 529 g/mol. The Hall–Kier alpha value is -3.45. The number of halogens is 3. The van der Waals surface area contributed by atoms with Crippen molar-refractivity contribution in [1.29, 1.82) is 0 Å². The predicted octanol–water partition coefficient (Wildman–Crippen LogP) is 5.72. The van der Waals surface area contributed by atoms with Crippen molar-refractivity contribution in [3.05, 3.63) is 115 Å². The summed E-state index contributed by atoms with van der Waals surface area (Å²) in [6.07, 6.45) is 0. The quantitative estimate of drug-likeness (QED) is 0.178. The summed E-state index contributed by atoms with van der Waals surface area (Å²) < 4.78 is 57.5. The normalized spacial score (nSPS) is 11.8. The number of aromatic amines is 1. The van der Waals surface area contributed by atoms with Crippen molar-refractivity contribution in [2.24, 2.45) is 0 Å². The Kier molecular flexibility index (Phi) is 7.59. The Balaban J connectivity index is 0.000000331. The minimum Gasteiger partial charge on any atom is -0.355 e. The minimum atomic E-state index is -5.84. The first kappa shape index (κ1) is 25.6. The molecule has 0 aliphatic heterocycles. The minimum absolute atomic E-state index is 1.01. The van der Waals surface area contributed by atoms with Gasteiger partial charge in [-0.2, -0.15) is 21.6 Å². The van der Waals surface area contributed by atoms with Crippen molar-refractivity contribution >= 4 is 44.9 Å². The molecule has 1 heterocycles. The SMILES string of the molecule is O=S(=O)(O)C(F)(F)F.c1ccc([PH+](c2ccccc2)c2ccc(-c3cc4ccccc4[nH]3)cc2)cc1. The van der Waals surface area contributed by atoms with E-state index in [0.717, 1.165) is 0 Å². The Labute approximate surface area is 207 Å². The molecule has 0 radical (unpaired) electrons.